The molecule has 6 amide bonds. The fourth-order valence-corrected chi connectivity index (χ4v) is 9.92. The minimum absolute atomic E-state index is 0.0577. The van der Waals surface area contributed by atoms with Crippen LogP contribution in [0, 0.1) is 5.92 Å². The number of anilines is 1. The molecule has 6 heterocycles. The van der Waals surface area contributed by atoms with Gasteiger partial charge in [0.05, 0.1) is 43.5 Å². The van der Waals surface area contributed by atoms with Crippen molar-refractivity contribution in [2.45, 2.75) is 70.1 Å². The summed E-state index contributed by atoms with van der Waals surface area (Å²) in [5.41, 5.74) is 4.77. The zero-order chi connectivity index (χ0) is 44.7. The second-order valence-corrected chi connectivity index (χ2v) is 17.1. The van der Waals surface area contributed by atoms with Crippen molar-refractivity contribution in [2.75, 3.05) is 72.0 Å². The van der Waals surface area contributed by atoms with Crippen LogP contribution in [0.3, 0.4) is 0 Å². The van der Waals surface area contributed by atoms with Crippen molar-refractivity contribution in [2.24, 2.45) is 13.0 Å². The lowest BCUT2D eigenvalue weighted by atomic mass is 9.91. The third-order valence-corrected chi connectivity index (χ3v) is 13.5. The number of imide groups is 2. The van der Waals surface area contributed by atoms with Gasteiger partial charge in [0.25, 0.3) is 23.8 Å². The molecule has 16 nitrogen and oxygen atoms in total. The molecule has 2 aromatic carbocycles. The van der Waals surface area contributed by atoms with E-state index in [1.807, 2.05) is 18.2 Å². The number of methoxy groups -OCH3 is 2. The van der Waals surface area contributed by atoms with Gasteiger partial charge in [0.1, 0.15) is 17.5 Å². The Morgan fingerprint density at radius 1 is 0.873 bits per heavy atom. The van der Waals surface area contributed by atoms with Gasteiger partial charge < -0.3 is 34.1 Å². The van der Waals surface area contributed by atoms with Crippen molar-refractivity contribution in [1.29, 1.82) is 0 Å². The fraction of sp³-hybridized carbons (Fsp3) is 0.511. The third kappa shape index (κ3) is 8.49. The van der Waals surface area contributed by atoms with E-state index in [-0.39, 0.29) is 55.2 Å². The molecule has 3 aromatic rings. The van der Waals surface area contributed by atoms with Gasteiger partial charge in [-0.3, -0.25) is 39.1 Å². The van der Waals surface area contributed by atoms with Crippen LogP contribution in [0.15, 0.2) is 41.3 Å². The van der Waals surface area contributed by atoms with E-state index in [1.54, 1.807) is 56.4 Å². The Labute approximate surface area is 364 Å². The van der Waals surface area contributed by atoms with Crippen LogP contribution in [-0.2, 0) is 36.1 Å². The molecule has 5 aliphatic heterocycles. The van der Waals surface area contributed by atoms with Gasteiger partial charge in [0.15, 0.2) is 0 Å². The number of rotatable bonds is 11. The number of alkyl halides is 2. The average molecular weight is 873 g/mol. The number of urea groups is 1. The number of benzene rings is 2. The highest BCUT2D eigenvalue weighted by atomic mass is 19.3. The molecule has 2 unspecified atom stereocenters. The molecule has 0 spiro atoms. The van der Waals surface area contributed by atoms with Gasteiger partial charge in [0, 0.05) is 89.3 Å². The van der Waals surface area contributed by atoms with Gasteiger partial charge in [0.2, 0.25) is 11.8 Å². The molecule has 0 saturated carbocycles. The van der Waals surface area contributed by atoms with E-state index in [4.69, 9.17) is 9.47 Å². The number of piperidine rings is 2. The van der Waals surface area contributed by atoms with Crippen LogP contribution >= 0.6 is 0 Å². The Morgan fingerprint density at radius 2 is 1.59 bits per heavy atom. The molecule has 63 heavy (non-hydrogen) atoms. The average Bonchev–Trinajstić information content (AvgIpc) is 3.54. The summed E-state index contributed by atoms with van der Waals surface area (Å²) >= 11 is 0. The number of hydrogen-bond donors (Lipinski definition) is 2. The summed E-state index contributed by atoms with van der Waals surface area (Å²) in [5.74, 6) is -0.753. The first-order chi connectivity index (χ1) is 30.3. The zero-order valence-electron chi connectivity index (χ0n) is 36.1. The monoisotopic (exact) mass is 872 g/mol. The van der Waals surface area contributed by atoms with Gasteiger partial charge in [-0.2, -0.15) is 0 Å². The number of carbonyl (C=O) groups is 5. The second-order valence-electron chi connectivity index (χ2n) is 17.1. The first-order valence-electron chi connectivity index (χ1n) is 21.6. The van der Waals surface area contributed by atoms with Crippen LogP contribution in [0.1, 0.15) is 69.5 Å². The number of aryl methyl sites for hydroxylation is 1. The van der Waals surface area contributed by atoms with Gasteiger partial charge in [-0.25, -0.2) is 13.6 Å². The summed E-state index contributed by atoms with van der Waals surface area (Å²) in [5, 5.41) is 4.85. The minimum Gasteiger partial charge on any atom is -0.496 e. The number of halogens is 2. The molecule has 18 heteroatoms. The molecule has 3 saturated heterocycles. The predicted molar refractivity (Wildman–Crippen MR) is 228 cm³/mol. The molecule has 8 rings (SSSR count). The van der Waals surface area contributed by atoms with Crippen molar-refractivity contribution in [1.82, 2.24) is 34.8 Å². The standard InChI is InChI=1S/C45H54F2N8O8/c1-48-45(61)54-16-12-29-32(22-50(2)42(58)33(29)23-54)27-19-37(62-3)34(38(20-27)63-4)24-53-18-17-51(25-36(53)40(46)47)13-9-26-10-14-52(15-11-26)28-5-6-30-31(21-28)44(60)55(43(30)59)35-7-8-39(56)49-41(35)57/h5-6,19-22,26,35-36,40H,7-18,23-25H2,1-4H3,(H,48,61)(H,49,56,57). The van der Waals surface area contributed by atoms with Crippen LogP contribution in [0.2, 0.25) is 0 Å². The summed E-state index contributed by atoms with van der Waals surface area (Å²) < 4.78 is 43.0. The number of nitrogens with zero attached hydrogens (tertiary/aromatic N) is 6. The largest absolute Gasteiger partial charge is 0.496 e. The molecule has 2 N–H and O–H groups in total. The molecular formula is C45H54F2N8O8. The topological polar surface area (TPSA) is 166 Å². The Kier molecular flexibility index (Phi) is 12.6. The number of nitrogens with one attached hydrogen (secondary N) is 2. The Hall–Kier alpha value is -5.88. The molecule has 2 atom stereocenters. The number of ether oxygens (including phenoxy) is 2. The lowest BCUT2D eigenvalue weighted by Crippen LogP contribution is -2.55. The van der Waals surface area contributed by atoms with E-state index in [9.17, 15) is 37.5 Å². The lowest BCUT2D eigenvalue weighted by Gasteiger charge is -2.42. The van der Waals surface area contributed by atoms with E-state index in [0.717, 1.165) is 59.6 Å². The maximum Gasteiger partial charge on any atom is 0.317 e. The van der Waals surface area contributed by atoms with Crippen molar-refractivity contribution < 1.29 is 42.2 Å². The quantitative estimate of drug-likeness (QED) is 0.272. The first-order valence-corrected chi connectivity index (χ1v) is 21.6. The molecular weight excluding hydrogens is 819 g/mol. The summed E-state index contributed by atoms with van der Waals surface area (Å²) in [6, 6.07) is 6.64. The predicted octanol–water partition coefficient (Wildman–Crippen LogP) is 3.23. The molecule has 336 valence electrons. The summed E-state index contributed by atoms with van der Waals surface area (Å²) in [6.45, 7) is 4.26. The van der Waals surface area contributed by atoms with E-state index in [0.29, 0.717) is 61.1 Å². The molecule has 5 aliphatic rings. The van der Waals surface area contributed by atoms with Gasteiger partial charge in [-0.05, 0) is 86.0 Å². The highest BCUT2D eigenvalue weighted by molar-refractivity contribution is 6.23. The van der Waals surface area contributed by atoms with E-state index < -0.39 is 42.1 Å². The van der Waals surface area contributed by atoms with Crippen molar-refractivity contribution in [3.8, 4) is 22.6 Å². The SMILES string of the molecule is CNC(=O)N1CCc2c(-c3cc(OC)c(CN4CCN(CCC5CCN(c6ccc7c(c6)C(=O)N(C6CCC(=O)NC6=O)C7=O)CC5)CC4C(F)F)c(OC)c3)cn(C)c(=O)c2C1. The highest BCUT2D eigenvalue weighted by Gasteiger charge is 2.45. The zero-order valence-corrected chi connectivity index (χ0v) is 36.1. The van der Waals surface area contributed by atoms with Crippen LogP contribution < -0.4 is 30.6 Å². The molecule has 0 bridgehead atoms. The van der Waals surface area contributed by atoms with Crippen LogP contribution in [0.4, 0.5) is 19.3 Å². The van der Waals surface area contributed by atoms with Crippen LogP contribution in [0.25, 0.3) is 11.1 Å². The number of pyridine rings is 1. The van der Waals surface area contributed by atoms with E-state index in [2.05, 4.69) is 20.4 Å². The molecule has 1 aromatic heterocycles. The minimum atomic E-state index is -2.58. The number of aromatic nitrogens is 1. The number of fused-ring (bicyclic) bond motifs is 2. The maximum absolute atomic E-state index is 14.8. The van der Waals surface area contributed by atoms with Crippen molar-refractivity contribution in [3.63, 3.8) is 0 Å². The highest BCUT2D eigenvalue weighted by Crippen LogP contribution is 2.39. The normalized spacial score (nSPS) is 21.2. The smallest absolute Gasteiger partial charge is 0.317 e. The van der Waals surface area contributed by atoms with Crippen LogP contribution in [-0.4, -0.2) is 139 Å². The summed E-state index contributed by atoms with van der Waals surface area (Å²) in [7, 11) is 6.32. The molecule has 0 radical (unpaired) electrons. The Bertz CT molecular complexity index is 2360. The second kappa shape index (κ2) is 18.1. The van der Waals surface area contributed by atoms with Crippen LogP contribution in [0.5, 0.6) is 11.5 Å². The number of piperazine rings is 1. The molecule has 0 aliphatic carbocycles. The number of amides is 6. The summed E-state index contributed by atoms with van der Waals surface area (Å²) in [4.78, 5) is 85.0. The van der Waals surface area contributed by atoms with Crippen molar-refractivity contribution in [3.05, 3.63) is 74.7 Å². The summed E-state index contributed by atoms with van der Waals surface area (Å²) in [6.07, 6.45) is 2.48. The first kappa shape index (κ1) is 43.8. The number of carbonyl (C=O) groups excluding carboxylic acids is 5. The van der Waals surface area contributed by atoms with E-state index in [1.165, 1.54) is 4.57 Å². The van der Waals surface area contributed by atoms with Gasteiger partial charge in [-0.15, -0.1) is 0 Å². The Balaban J connectivity index is 0.883. The van der Waals surface area contributed by atoms with E-state index >= 15 is 0 Å². The third-order valence-electron chi connectivity index (χ3n) is 13.5. The lowest BCUT2D eigenvalue weighted by molar-refractivity contribution is -0.136. The van der Waals surface area contributed by atoms with Gasteiger partial charge >= 0.3 is 6.03 Å². The number of hydrogen-bond acceptors (Lipinski definition) is 11. The molecule has 3 fully saturated rings. The maximum atomic E-state index is 14.8. The van der Waals surface area contributed by atoms with Crippen molar-refractivity contribution >= 4 is 35.3 Å². The fourth-order valence-electron chi connectivity index (χ4n) is 9.92. The van der Waals surface area contributed by atoms with Gasteiger partial charge in [-0.1, -0.05) is 0 Å². The Morgan fingerprint density at radius 3 is 2.25 bits per heavy atom.